The molecule has 6 nitrogen and oxygen atoms in total. The van der Waals surface area contributed by atoms with Crippen molar-refractivity contribution >= 4 is 22.7 Å². The Kier molecular flexibility index (Phi) is 6.04. The summed E-state index contributed by atoms with van der Waals surface area (Å²) in [5, 5.41) is 11.1. The lowest BCUT2D eigenvalue weighted by molar-refractivity contribution is -0.125. The monoisotopic (exact) mass is 428 g/mol. The van der Waals surface area contributed by atoms with Crippen LogP contribution in [0, 0.1) is 17.2 Å². The van der Waals surface area contributed by atoms with E-state index in [2.05, 4.69) is 15.7 Å². The summed E-state index contributed by atoms with van der Waals surface area (Å²) in [4.78, 5) is 26.0. The molecule has 1 atom stereocenters. The summed E-state index contributed by atoms with van der Waals surface area (Å²) in [5.41, 5.74) is 0.422. The van der Waals surface area contributed by atoms with Crippen LogP contribution in [0.1, 0.15) is 76.2 Å². The summed E-state index contributed by atoms with van der Waals surface area (Å²) in [6.07, 6.45) is 7.90. The topological polar surface area (TPSA) is 76.0 Å². The molecule has 168 valence electrons. The highest BCUT2D eigenvalue weighted by Crippen LogP contribution is 2.28. The summed E-state index contributed by atoms with van der Waals surface area (Å²) < 4.78 is 15.8. The Morgan fingerprint density at radius 1 is 1.16 bits per heavy atom. The molecule has 0 aliphatic heterocycles. The molecule has 0 radical (unpaired) electrons. The second-order valence-electron chi connectivity index (χ2n) is 10.3. The number of aromatic nitrogens is 2. The number of carbonyl (C=O) groups is 2. The molecule has 2 saturated carbocycles. The van der Waals surface area contributed by atoms with Crippen molar-refractivity contribution in [1.29, 1.82) is 0 Å². The minimum Gasteiger partial charge on any atom is -0.352 e. The maximum absolute atomic E-state index is 14.0. The lowest BCUT2D eigenvalue weighted by Gasteiger charge is -2.30. The lowest BCUT2D eigenvalue weighted by atomic mass is 9.86. The Hall–Kier alpha value is -2.44. The van der Waals surface area contributed by atoms with Gasteiger partial charge in [0.05, 0.1) is 5.52 Å². The highest BCUT2D eigenvalue weighted by molar-refractivity contribution is 6.06. The van der Waals surface area contributed by atoms with Gasteiger partial charge in [-0.05, 0) is 55.2 Å². The van der Waals surface area contributed by atoms with E-state index in [0.29, 0.717) is 23.4 Å². The Labute approximate surface area is 183 Å². The number of benzene rings is 1. The molecule has 2 aliphatic rings. The van der Waals surface area contributed by atoms with E-state index in [9.17, 15) is 14.0 Å². The first-order chi connectivity index (χ1) is 14.7. The van der Waals surface area contributed by atoms with E-state index in [0.717, 1.165) is 25.7 Å². The molecule has 0 bridgehead atoms. The van der Waals surface area contributed by atoms with Crippen LogP contribution in [-0.4, -0.2) is 33.7 Å². The van der Waals surface area contributed by atoms with Crippen molar-refractivity contribution in [2.75, 3.05) is 0 Å². The summed E-state index contributed by atoms with van der Waals surface area (Å²) in [6.45, 7) is 6.47. The average Bonchev–Trinajstić information content (AvgIpc) is 3.46. The zero-order valence-corrected chi connectivity index (χ0v) is 18.7. The zero-order valence-electron chi connectivity index (χ0n) is 18.7. The highest BCUT2D eigenvalue weighted by Gasteiger charge is 2.36. The molecule has 2 fully saturated rings. The van der Waals surface area contributed by atoms with Crippen LogP contribution < -0.4 is 10.6 Å². The molecule has 1 unspecified atom stereocenters. The summed E-state index contributed by atoms with van der Waals surface area (Å²) in [7, 11) is 0. The highest BCUT2D eigenvalue weighted by atomic mass is 19.1. The zero-order chi connectivity index (χ0) is 22.2. The molecular formula is C24H33FN4O2. The van der Waals surface area contributed by atoms with Crippen molar-refractivity contribution in [3.05, 3.63) is 29.7 Å². The third-order valence-electron chi connectivity index (χ3n) is 6.41. The van der Waals surface area contributed by atoms with Gasteiger partial charge in [-0.25, -0.2) is 4.39 Å². The van der Waals surface area contributed by atoms with Crippen molar-refractivity contribution in [3.8, 4) is 0 Å². The first-order valence-electron chi connectivity index (χ1n) is 11.5. The van der Waals surface area contributed by atoms with Gasteiger partial charge in [0.2, 0.25) is 5.91 Å². The fraction of sp³-hybridized carbons (Fsp3) is 0.625. The Morgan fingerprint density at radius 2 is 1.87 bits per heavy atom. The normalized spacial score (nSPS) is 18.7. The second kappa shape index (κ2) is 8.60. The largest absolute Gasteiger partial charge is 0.352 e. The SMILES string of the molecule is CC(C)(C)C(NC(=O)c1nn(CC2CCCCC2)c2cc(F)ccc12)C(=O)NC1CC1. The summed E-state index contributed by atoms with van der Waals surface area (Å²) in [5.74, 6) is -0.423. The van der Waals surface area contributed by atoms with Gasteiger partial charge in [0.15, 0.2) is 5.69 Å². The molecule has 2 aliphatic carbocycles. The van der Waals surface area contributed by atoms with Gasteiger partial charge in [0.25, 0.3) is 5.91 Å². The van der Waals surface area contributed by atoms with Gasteiger partial charge in [0.1, 0.15) is 11.9 Å². The molecule has 4 rings (SSSR count). The second-order valence-corrected chi connectivity index (χ2v) is 10.3. The minimum atomic E-state index is -0.681. The van der Waals surface area contributed by atoms with Crippen LogP contribution in [0.4, 0.5) is 4.39 Å². The Morgan fingerprint density at radius 3 is 2.52 bits per heavy atom. The lowest BCUT2D eigenvalue weighted by Crippen LogP contribution is -2.54. The van der Waals surface area contributed by atoms with Gasteiger partial charge in [-0.2, -0.15) is 5.10 Å². The van der Waals surface area contributed by atoms with Crippen LogP contribution >= 0.6 is 0 Å². The van der Waals surface area contributed by atoms with E-state index in [1.807, 2.05) is 20.8 Å². The van der Waals surface area contributed by atoms with Crippen molar-refractivity contribution in [3.63, 3.8) is 0 Å². The maximum atomic E-state index is 14.0. The number of rotatable bonds is 6. The van der Waals surface area contributed by atoms with Crippen LogP contribution in [0.15, 0.2) is 18.2 Å². The number of fused-ring (bicyclic) bond motifs is 1. The fourth-order valence-corrected chi connectivity index (χ4v) is 4.46. The van der Waals surface area contributed by atoms with Gasteiger partial charge in [-0.15, -0.1) is 0 Å². The average molecular weight is 429 g/mol. The molecule has 0 spiro atoms. The third-order valence-corrected chi connectivity index (χ3v) is 6.41. The molecule has 1 aromatic carbocycles. The van der Waals surface area contributed by atoms with Gasteiger partial charge < -0.3 is 10.6 Å². The number of nitrogens with one attached hydrogen (secondary N) is 2. The van der Waals surface area contributed by atoms with Crippen molar-refractivity contribution in [2.24, 2.45) is 11.3 Å². The number of hydrogen-bond donors (Lipinski definition) is 2. The number of halogens is 1. The standard InChI is InChI=1S/C24H33FN4O2/c1-24(2,3)21(23(31)26-17-10-11-17)27-22(30)20-18-12-9-16(25)13-19(18)29(28-20)14-15-7-5-4-6-8-15/h9,12-13,15,17,21H,4-8,10-11,14H2,1-3H3,(H,26,31)(H,27,30). The number of carbonyl (C=O) groups excluding carboxylic acids is 2. The molecule has 1 aromatic heterocycles. The first-order valence-corrected chi connectivity index (χ1v) is 11.5. The predicted octanol–water partition coefficient (Wildman–Crippen LogP) is 4.18. The van der Waals surface area contributed by atoms with Crippen molar-refractivity contribution < 1.29 is 14.0 Å². The quantitative estimate of drug-likeness (QED) is 0.725. The van der Waals surface area contributed by atoms with E-state index in [1.54, 1.807) is 10.7 Å². The van der Waals surface area contributed by atoms with Crippen LogP contribution in [0.25, 0.3) is 10.9 Å². The van der Waals surface area contributed by atoms with Gasteiger partial charge in [-0.1, -0.05) is 40.0 Å². The molecule has 1 heterocycles. The number of hydrogen-bond acceptors (Lipinski definition) is 3. The van der Waals surface area contributed by atoms with Crippen LogP contribution in [-0.2, 0) is 11.3 Å². The smallest absolute Gasteiger partial charge is 0.273 e. The summed E-state index contributed by atoms with van der Waals surface area (Å²) in [6, 6.07) is 3.95. The van der Waals surface area contributed by atoms with Crippen molar-refractivity contribution in [2.45, 2.75) is 84.3 Å². The molecule has 7 heteroatoms. The van der Waals surface area contributed by atoms with E-state index in [1.165, 1.54) is 31.4 Å². The van der Waals surface area contributed by atoms with E-state index in [4.69, 9.17) is 0 Å². The van der Waals surface area contributed by atoms with Gasteiger partial charge >= 0.3 is 0 Å². The van der Waals surface area contributed by atoms with E-state index < -0.39 is 17.4 Å². The molecule has 0 saturated heterocycles. The number of amides is 2. The van der Waals surface area contributed by atoms with Gasteiger partial charge in [-0.3, -0.25) is 14.3 Å². The Bertz CT molecular complexity index is 968. The van der Waals surface area contributed by atoms with Crippen LogP contribution in [0.3, 0.4) is 0 Å². The predicted molar refractivity (Wildman–Crippen MR) is 118 cm³/mol. The van der Waals surface area contributed by atoms with Crippen molar-refractivity contribution in [1.82, 2.24) is 20.4 Å². The first kappa shape index (κ1) is 21.8. The maximum Gasteiger partial charge on any atom is 0.273 e. The van der Waals surface area contributed by atoms with Gasteiger partial charge in [0, 0.05) is 18.0 Å². The summed E-state index contributed by atoms with van der Waals surface area (Å²) >= 11 is 0. The van der Waals surface area contributed by atoms with Crippen LogP contribution in [0.2, 0.25) is 0 Å². The molecule has 2 aromatic rings. The molecular weight excluding hydrogens is 395 g/mol. The Balaban J connectivity index is 1.61. The third kappa shape index (κ3) is 5.08. The molecule has 31 heavy (non-hydrogen) atoms. The van der Waals surface area contributed by atoms with E-state index >= 15 is 0 Å². The molecule has 2 N–H and O–H groups in total. The molecule has 2 amide bonds. The van der Waals surface area contributed by atoms with E-state index in [-0.39, 0.29) is 23.5 Å². The minimum absolute atomic E-state index is 0.166. The van der Waals surface area contributed by atoms with Crippen LogP contribution in [0.5, 0.6) is 0 Å². The number of nitrogens with zero attached hydrogens (tertiary/aromatic N) is 2. The fourth-order valence-electron chi connectivity index (χ4n) is 4.46.